The average molecular weight is 311 g/mol. The third-order valence-electron chi connectivity index (χ3n) is 3.31. The molecule has 3 rings (SSSR count). The molecule has 0 unspecified atom stereocenters. The van der Waals surface area contributed by atoms with Gasteiger partial charge in [-0.25, -0.2) is 0 Å². The number of nitrogens with two attached hydrogens (primary N) is 1. The molecule has 1 heterocycles. The number of rotatable bonds is 5. The van der Waals surface area contributed by atoms with Gasteiger partial charge in [0.1, 0.15) is 0 Å². The first-order chi connectivity index (χ1) is 11.2. The highest BCUT2D eigenvalue weighted by Crippen LogP contribution is 2.32. The minimum Gasteiger partial charge on any atom is -0.493 e. The van der Waals surface area contributed by atoms with Crippen LogP contribution in [0.4, 0.5) is 5.69 Å². The van der Waals surface area contributed by atoms with Crippen molar-refractivity contribution >= 4 is 5.69 Å². The van der Waals surface area contributed by atoms with Gasteiger partial charge in [-0.3, -0.25) is 0 Å². The Labute approximate surface area is 133 Å². The molecule has 0 fully saturated rings. The fraction of sp³-hybridized carbons (Fsp3) is 0.176. The van der Waals surface area contributed by atoms with Crippen LogP contribution in [0, 0.1) is 0 Å². The fourth-order valence-electron chi connectivity index (χ4n) is 2.17. The molecule has 6 nitrogen and oxygen atoms in total. The summed E-state index contributed by atoms with van der Waals surface area (Å²) in [4.78, 5) is 4.42. The van der Waals surface area contributed by atoms with Gasteiger partial charge >= 0.3 is 0 Å². The maximum absolute atomic E-state index is 5.68. The molecule has 0 atom stereocenters. The Bertz CT molecular complexity index is 797. The van der Waals surface area contributed by atoms with Crippen LogP contribution in [0.15, 0.2) is 47.0 Å². The Kier molecular flexibility index (Phi) is 4.14. The normalized spacial score (nSPS) is 10.5. The standard InChI is InChI=1S/C17H17N3O3/c1-3-22-14-9-6-12(10-15(14)21-2)16-19-17(23-20-16)11-4-7-13(18)8-5-11/h4-10H,3,18H2,1-2H3. The van der Waals surface area contributed by atoms with Crippen LogP contribution in [-0.4, -0.2) is 23.9 Å². The second-order valence-corrected chi connectivity index (χ2v) is 4.84. The van der Waals surface area contributed by atoms with Gasteiger partial charge in [-0.15, -0.1) is 0 Å². The first-order valence-corrected chi connectivity index (χ1v) is 7.22. The van der Waals surface area contributed by atoms with Crippen molar-refractivity contribution < 1.29 is 14.0 Å². The molecule has 0 bridgehead atoms. The number of anilines is 1. The second kappa shape index (κ2) is 6.39. The predicted molar refractivity (Wildman–Crippen MR) is 87.3 cm³/mol. The van der Waals surface area contributed by atoms with Gasteiger partial charge in [-0.2, -0.15) is 4.98 Å². The van der Waals surface area contributed by atoms with E-state index >= 15 is 0 Å². The van der Waals surface area contributed by atoms with E-state index in [0.717, 1.165) is 11.1 Å². The number of hydrogen-bond donors (Lipinski definition) is 1. The molecule has 2 N–H and O–H groups in total. The van der Waals surface area contributed by atoms with Gasteiger partial charge in [0.05, 0.1) is 13.7 Å². The molecule has 118 valence electrons. The summed E-state index contributed by atoms with van der Waals surface area (Å²) in [5, 5.41) is 4.02. The van der Waals surface area contributed by atoms with Gasteiger partial charge in [0.15, 0.2) is 11.5 Å². The van der Waals surface area contributed by atoms with Crippen LogP contribution in [0.2, 0.25) is 0 Å². The van der Waals surface area contributed by atoms with E-state index in [1.807, 2.05) is 37.3 Å². The summed E-state index contributed by atoms with van der Waals surface area (Å²) in [7, 11) is 1.59. The van der Waals surface area contributed by atoms with E-state index in [1.54, 1.807) is 19.2 Å². The van der Waals surface area contributed by atoms with Crippen molar-refractivity contribution in [3.8, 4) is 34.3 Å². The number of nitrogen functional groups attached to an aromatic ring is 1. The molecule has 23 heavy (non-hydrogen) atoms. The van der Waals surface area contributed by atoms with Gasteiger partial charge in [0, 0.05) is 16.8 Å². The van der Waals surface area contributed by atoms with E-state index < -0.39 is 0 Å². The van der Waals surface area contributed by atoms with Crippen molar-refractivity contribution in [1.82, 2.24) is 10.1 Å². The van der Waals surface area contributed by atoms with Crippen LogP contribution in [-0.2, 0) is 0 Å². The molecule has 0 aliphatic carbocycles. The molecule has 2 aromatic carbocycles. The summed E-state index contributed by atoms with van der Waals surface area (Å²) in [6, 6.07) is 12.8. The summed E-state index contributed by atoms with van der Waals surface area (Å²) in [6.07, 6.45) is 0. The summed E-state index contributed by atoms with van der Waals surface area (Å²) >= 11 is 0. The van der Waals surface area contributed by atoms with Crippen molar-refractivity contribution in [2.75, 3.05) is 19.5 Å². The van der Waals surface area contributed by atoms with Crippen LogP contribution < -0.4 is 15.2 Å². The lowest BCUT2D eigenvalue weighted by Crippen LogP contribution is -1.95. The molecular weight excluding hydrogens is 294 g/mol. The number of hydrogen-bond acceptors (Lipinski definition) is 6. The van der Waals surface area contributed by atoms with E-state index in [0.29, 0.717) is 35.5 Å². The molecule has 0 radical (unpaired) electrons. The number of aromatic nitrogens is 2. The first kappa shape index (κ1) is 14.9. The summed E-state index contributed by atoms with van der Waals surface area (Å²) in [5.41, 5.74) is 7.97. The molecule has 0 amide bonds. The minimum atomic E-state index is 0.438. The second-order valence-electron chi connectivity index (χ2n) is 4.84. The lowest BCUT2D eigenvalue weighted by molar-refractivity contribution is 0.311. The molecule has 0 saturated carbocycles. The molecular formula is C17H17N3O3. The zero-order valence-corrected chi connectivity index (χ0v) is 12.9. The van der Waals surface area contributed by atoms with E-state index in [-0.39, 0.29) is 0 Å². The highest BCUT2D eigenvalue weighted by atomic mass is 16.5. The summed E-state index contributed by atoms with van der Waals surface area (Å²) in [5.74, 6) is 2.23. The van der Waals surface area contributed by atoms with Crippen LogP contribution in [0.5, 0.6) is 11.5 Å². The topological polar surface area (TPSA) is 83.4 Å². The van der Waals surface area contributed by atoms with Gasteiger partial charge in [0.2, 0.25) is 5.82 Å². The highest BCUT2D eigenvalue weighted by Gasteiger charge is 2.13. The van der Waals surface area contributed by atoms with E-state index in [1.165, 1.54) is 0 Å². The Hall–Kier alpha value is -3.02. The number of methoxy groups -OCH3 is 1. The van der Waals surface area contributed by atoms with Gasteiger partial charge < -0.3 is 19.7 Å². The number of benzene rings is 2. The minimum absolute atomic E-state index is 0.438. The van der Waals surface area contributed by atoms with E-state index in [9.17, 15) is 0 Å². The Morgan fingerprint density at radius 2 is 1.78 bits per heavy atom. The van der Waals surface area contributed by atoms with E-state index in [4.69, 9.17) is 19.7 Å². The lowest BCUT2D eigenvalue weighted by atomic mass is 10.2. The van der Waals surface area contributed by atoms with Crippen molar-refractivity contribution in [2.24, 2.45) is 0 Å². The lowest BCUT2D eigenvalue weighted by Gasteiger charge is -2.09. The van der Waals surface area contributed by atoms with Gasteiger partial charge in [0.25, 0.3) is 5.89 Å². The third-order valence-corrected chi connectivity index (χ3v) is 3.31. The van der Waals surface area contributed by atoms with Crippen molar-refractivity contribution in [3.05, 3.63) is 42.5 Å². The summed E-state index contributed by atoms with van der Waals surface area (Å²) < 4.78 is 16.2. The van der Waals surface area contributed by atoms with Crippen LogP contribution in [0.25, 0.3) is 22.8 Å². The van der Waals surface area contributed by atoms with Crippen LogP contribution in [0.1, 0.15) is 6.92 Å². The third kappa shape index (κ3) is 3.11. The predicted octanol–water partition coefficient (Wildman–Crippen LogP) is 3.39. The zero-order valence-electron chi connectivity index (χ0n) is 12.9. The zero-order chi connectivity index (χ0) is 16.2. The number of nitrogens with zero attached hydrogens (tertiary/aromatic N) is 2. The Balaban J connectivity index is 1.92. The SMILES string of the molecule is CCOc1ccc(-c2noc(-c3ccc(N)cc3)n2)cc1OC. The van der Waals surface area contributed by atoms with Crippen LogP contribution in [0.3, 0.4) is 0 Å². The van der Waals surface area contributed by atoms with Crippen LogP contribution >= 0.6 is 0 Å². The average Bonchev–Trinajstić information content (AvgIpc) is 3.06. The molecule has 3 aromatic rings. The Morgan fingerprint density at radius 1 is 1.04 bits per heavy atom. The van der Waals surface area contributed by atoms with Gasteiger partial charge in [-0.05, 0) is 49.4 Å². The van der Waals surface area contributed by atoms with Gasteiger partial charge in [-0.1, -0.05) is 5.16 Å². The Morgan fingerprint density at radius 3 is 2.48 bits per heavy atom. The van der Waals surface area contributed by atoms with Crippen molar-refractivity contribution in [2.45, 2.75) is 6.92 Å². The molecule has 0 saturated heterocycles. The molecule has 0 aliphatic heterocycles. The highest BCUT2D eigenvalue weighted by molar-refractivity contribution is 5.64. The van der Waals surface area contributed by atoms with Crippen molar-refractivity contribution in [1.29, 1.82) is 0 Å². The van der Waals surface area contributed by atoms with E-state index in [2.05, 4.69) is 10.1 Å². The monoisotopic (exact) mass is 311 g/mol. The maximum atomic E-state index is 5.68. The molecule has 6 heteroatoms. The first-order valence-electron chi connectivity index (χ1n) is 7.22. The van der Waals surface area contributed by atoms with Crippen molar-refractivity contribution in [3.63, 3.8) is 0 Å². The maximum Gasteiger partial charge on any atom is 0.258 e. The molecule has 1 aromatic heterocycles. The molecule has 0 aliphatic rings. The molecule has 0 spiro atoms. The quantitative estimate of drug-likeness (QED) is 0.727. The fourth-order valence-corrected chi connectivity index (χ4v) is 2.17. The smallest absolute Gasteiger partial charge is 0.258 e. The largest absolute Gasteiger partial charge is 0.493 e. The number of ether oxygens (including phenoxy) is 2. The summed E-state index contributed by atoms with van der Waals surface area (Å²) in [6.45, 7) is 2.49.